The molecule has 82 valence electrons. The Morgan fingerprint density at radius 2 is 2.20 bits per heavy atom. The van der Waals surface area contributed by atoms with Crippen molar-refractivity contribution in [1.82, 2.24) is 9.97 Å². The van der Waals surface area contributed by atoms with Crippen LogP contribution in [0.2, 0.25) is 5.15 Å². The standard InChI is InChI=1S/C10H13Cl2N3/c1-15(7-3-2-4-7)10-8(5-11)9(12)13-6-14-10/h6-7H,2-5H2,1H3. The van der Waals surface area contributed by atoms with Gasteiger partial charge in [-0.25, -0.2) is 9.97 Å². The maximum Gasteiger partial charge on any atom is 0.138 e. The summed E-state index contributed by atoms with van der Waals surface area (Å²) in [7, 11) is 2.04. The first-order valence-electron chi connectivity index (χ1n) is 5.02. The van der Waals surface area contributed by atoms with Crippen LogP contribution < -0.4 is 4.90 Å². The van der Waals surface area contributed by atoms with Crippen molar-refractivity contribution in [3.05, 3.63) is 17.0 Å². The van der Waals surface area contributed by atoms with Crippen molar-refractivity contribution in [1.29, 1.82) is 0 Å². The van der Waals surface area contributed by atoms with Gasteiger partial charge in [-0.05, 0) is 19.3 Å². The summed E-state index contributed by atoms with van der Waals surface area (Å²) in [4.78, 5) is 10.4. The largest absolute Gasteiger partial charge is 0.356 e. The minimum Gasteiger partial charge on any atom is -0.356 e. The Labute approximate surface area is 99.4 Å². The average molecular weight is 246 g/mol. The van der Waals surface area contributed by atoms with Crippen LogP contribution in [0, 0.1) is 0 Å². The van der Waals surface area contributed by atoms with Gasteiger partial charge in [0.05, 0.1) is 5.88 Å². The lowest BCUT2D eigenvalue weighted by Crippen LogP contribution is -2.38. The van der Waals surface area contributed by atoms with Gasteiger partial charge < -0.3 is 4.90 Å². The highest BCUT2D eigenvalue weighted by Gasteiger charge is 2.25. The summed E-state index contributed by atoms with van der Waals surface area (Å²) < 4.78 is 0. The van der Waals surface area contributed by atoms with Gasteiger partial charge in [-0.3, -0.25) is 0 Å². The zero-order valence-electron chi connectivity index (χ0n) is 8.58. The van der Waals surface area contributed by atoms with Crippen LogP contribution in [0.15, 0.2) is 6.33 Å². The molecule has 15 heavy (non-hydrogen) atoms. The van der Waals surface area contributed by atoms with E-state index in [-0.39, 0.29) is 0 Å². The number of rotatable bonds is 3. The molecule has 0 spiro atoms. The summed E-state index contributed by atoms with van der Waals surface area (Å²) >= 11 is 11.8. The Bertz CT molecular complexity index is 353. The SMILES string of the molecule is CN(c1ncnc(Cl)c1CCl)C1CCC1. The Morgan fingerprint density at radius 3 is 2.73 bits per heavy atom. The fourth-order valence-electron chi connectivity index (χ4n) is 1.75. The second kappa shape index (κ2) is 4.54. The van der Waals surface area contributed by atoms with Gasteiger partial charge in [0.15, 0.2) is 0 Å². The lowest BCUT2D eigenvalue weighted by atomic mass is 9.92. The zero-order chi connectivity index (χ0) is 10.8. The van der Waals surface area contributed by atoms with Crippen LogP contribution in [-0.2, 0) is 5.88 Å². The van der Waals surface area contributed by atoms with Crippen LogP contribution in [-0.4, -0.2) is 23.1 Å². The smallest absolute Gasteiger partial charge is 0.138 e. The average Bonchev–Trinajstić information content (AvgIpc) is 2.14. The van der Waals surface area contributed by atoms with Crippen molar-refractivity contribution in [2.24, 2.45) is 0 Å². The predicted octanol–water partition coefficient (Wildman–Crippen LogP) is 2.86. The van der Waals surface area contributed by atoms with E-state index in [1.165, 1.54) is 25.6 Å². The van der Waals surface area contributed by atoms with Crippen molar-refractivity contribution in [3.63, 3.8) is 0 Å². The highest BCUT2D eigenvalue weighted by atomic mass is 35.5. The number of nitrogens with zero attached hydrogens (tertiary/aromatic N) is 3. The van der Waals surface area contributed by atoms with E-state index >= 15 is 0 Å². The van der Waals surface area contributed by atoms with Crippen molar-refractivity contribution in [2.75, 3.05) is 11.9 Å². The topological polar surface area (TPSA) is 29.0 Å². The molecule has 1 aliphatic rings. The number of aromatic nitrogens is 2. The molecule has 1 heterocycles. The summed E-state index contributed by atoms with van der Waals surface area (Å²) in [6.45, 7) is 0. The van der Waals surface area contributed by atoms with E-state index in [2.05, 4.69) is 14.9 Å². The van der Waals surface area contributed by atoms with Gasteiger partial charge in [0.2, 0.25) is 0 Å². The van der Waals surface area contributed by atoms with Crippen LogP contribution in [0.5, 0.6) is 0 Å². The second-order valence-corrected chi connectivity index (χ2v) is 4.42. The molecule has 1 saturated carbocycles. The molecule has 5 heteroatoms. The van der Waals surface area contributed by atoms with Crippen LogP contribution in [0.4, 0.5) is 5.82 Å². The third-order valence-corrected chi connectivity index (χ3v) is 3.55. The monoisotopic (exact) mass is 245 g/mol. The van der Waals surface area contributed by atoms with E-state index in [0.29, 0.717) is 17.1 Å². The van der Waals surface area contributed by atoms with E-state index in [1.54, 1.807) is 0 Å². The number of hydrogen-bond donors (Lipinski definition) is 0. The molecule has 2 rings (SSSR count). The van der Waals surface area contributed by atoms with Crippen LogP contribution >= 0.6 is 23.2 Å². The van der Waals surface area contributed by atoms with Gasteiger partial charge in [-0.2, -0.15) is 0 Å². The van der Waals surface area contributed by atoms with Crippen molar-refractivity contribution in [3.8, 4) is 0 Å². The first-order chi connectivity index (χ1) is 7.24. The molecule has 0 radical (unpaired) electrons. The number of hydrogen-bond acceptors (Lipinski definition) is 3. The fraction of sp³-hybridized carbons (Fsp3) is 0.600. The summed E-state index contributed by atoms with van der Waals surface area (Å²) in [6, 6.07) is 0.581. The maximum absolute atomic E-state index is 5.98. The minimum atomic E-state index is 0.353. The van der Waals surface area contributed by atoms with Gasteiger partial charge >= 0.3 is 0 Å². The first-order valence-corrected chi connectivity index (χ1v) is 5.93. The molecule has 0 unspecified atom stereocenters. The molecular weight excluding hydrogens is 233 g/mol. The number of anilines is 1. The van der Waals surface area contributed by atoms with Crippen LogP contribution in [0.3, 0.4) is 0 Å². The molecule has 0 aromatic carbocycles. The fourth-order valence-corrected chi connectivity index (χ4v) is 2.26. The molecular formula is C10H13Cl2N3. The molecule has 1 fully saturated rings. The van der Waals surface area contributed by atoms with Crippen molar-refractivity contribution < 1.29 is 0 Å². The number of alkyl halides is 1. The Hall–Kier alpha value is -0.540. The molecule has 0 amide bonds. The summed E-state index contributed by atoms with van der Waals surface area (Å²) in [5.41, 5.74) is 0.829. The molecule has 1 aliphatic carbocycles. The Balaban J connectivity index is 2.29. The van der Waals surface area contributed by atoms with Crippen LogP contribution in [0.1, 0.15) is 24.8 Å². The normalized spacial score (nSPS) is 16.2. The summed E-state index contributed by atoms with van der Waals surface area (Å²) in [5.74, 6) is 1.22. The van der Waals surface area contributed by atoms with E-state index < -0.39 is 0 Å². The lowest BCUT2D eigenvalue weighted by Gasteiger charge is -2.36. The minimum absolute atomic E-state index is 0.353. The van der Waals surface area contributed by atoms with Gasteiger partial charge in [-0.15, -0.1) is 11.6 Å². The third-order valence-electron chi connectivity index (χ3n) is 2.96. The summed E-state index contributed by atoms with van der Waals surface area (Å²) in [5, 5.41) is 0.459. The Kier molecular flexibility index (Phi) is 3.32. The van der Waals surface area contributed by atoms with E-state index in [0.717, 1.165) is 11.4 Å². The maximum atomic E-state index is 5.98. The second-order valence-electron chi connectivity index (χ2n) is 3.80. The third kappa shape index (κ3) is 2.04. The van der Waals surface area contributed by atoms with Gasteiger partial charge in [0, 0.05) is 18.7 Å². The lowest BCUT2D eigenvalue weighted by molar-refractivity contribution is 0.398. The molecule has 0 atom stereocenters. The summed E-state index contributed by atoms with van der Waals surface area (Å²) in [6.07, 6.45) is 5.23. The molecule has 0 N–H and O–H groups in total. The van der Waals surface area contributed by atoms with Crippen LogP contribution in [0.25, 0.3) is 0 Å². The molecule has 0 saturated heterocycles. The molecule has 0 aliphatic heterocycles. The highest BCUT2D eigenvalue weighted by Crippen LogP contribution is 2.31. The van der Waals surface area contributed by atoms with E-state index in [1.807, 2.05) is 7.05 Å². The molecule has 1 aromatic heterocycles. The van der Waals surface area contributed by atoms with Crippen molar-refractivity contribution >= 4 is 29.0 Å². The highest BCUT2D eigenvalue weighted by molar-refractivity contribution is 6.31. The van der Waals surface area contributed by atoms with Crippen molar-refractivity contribution in [2.45, 2.75) is 31.2 Å². The Morgan fingerprint density at radius 1 is 1.47 bits per heavy atom. The van der Waals surface area contributed by atoms with Gasteiger partial charge in [0.1, 0.15) is 17.3 Å². The quantitative estimate of drug-likeness (QED) is 0.606. The first kappa shape index (κ1) is 11.0. The number of halogens is 2. The molecule has 1 aromatic rings. The predicted molar refractivity (Wildman–Crippen MR) is 62.6 cm³/mol. The van der Waals surface area contributed by atoms with Gasteiger partial charge in [-0.1, -0.05) is 11.6 Å². The molecule has 0 bridgehead atoms. The van der Waals surface area contributed by atoms with E-state index in [4.69, 9.17) is 23.2 Å². The molecule has 3 nitrogen and oxygen atoms in total. The van der Waals surface area contributed by atoms with Gasteiger partial charge in [0.25, 0.3) is 0 Å². The van der Waals surface area contributed by atoms with E-state index in [9.17, 15) is 0 Å². The zero-order valence-corrected chi connectivity index (χ0v) is 10.1.